The van der Waals surface area contributed by atoms with Gasteiger partial charge in [0.1, 0.15) is 5.82 Å². The van der Waals surface area contributed by atoms with Crippen LogP contribution in [0.3, 0.4) is 0 Å². The van der Waals surface area contributed by atoms with Gasteiger partial charge in [-0.15, -0.1) is 5.10 Å². The van der Waals surface area contributed by atoms with Gasteiger partial charge >= 0.3 is 6.18 Å². The lowest BCUT2D eigenvalue weighted by Gasteiger charge is -2.50. The fourth-order valence-corrected chi connectivity index (χ4v) is 5.27. The molecule has 3 aromatic heterocycles. The average molecular weight is 423 g/mol. The number of nitrogen functional groups attached to an aromatic ring is 1. The summed E-state index contributed by atoms with van der Waals surface area (Å²) < 4.78 is 41.0. The highest BCUT2D eigenvalue weighted by Gasteiger charge is 2.44. The van der Waals surface area contributed by atoms with Crippen molar-refractivity contribution >= 4 is 27.2 Å². The molecule has 4 heterocycles. The molecule has 0 bridgehead atoms. The van der Waals surface area contributed by atoms with E-state index in [9.17, 15) is 13.2 Å². The molecule has 11 heteroatoms. The minimum atomic E-state index is -4.57. The number of aromatic nitrogens is 4. The minimum Gasteiger partial charge on any atom is -0.383 e. The number of pyridine rings is 1. The molecule has 2 aliphatic rings. The summed E-state index contributed by atoms with van der Waals surface area (Å²) in [5, 5.41) is 12.1. The van der Waals surface area contributed by atoms with Gasteiger partial charge in [-0.1, -0.05) is 11.3 Å². The maximum atomic E-state index is 13.2. The van der Waals surface area contributed by atoms with Gasteiger partial charge in [-0.05, 0) is 50.3 Å². The van der Waals surface area contributed by atoms with Crippen molar-refractivity contribution in [2.45, 2.75) is 37.9 Å². The molecular weight excluding hydrogens is 403 g/mol. The van der Waals surface area contributed by atoms with Crippen LogP contribution >= 0.6 is 11.3 Å². The first-order valence-electron chi connectivity index (χ1n) is 9.48. The van der Waals surface area contributed by atoms with E-state index in [1.165, 1.54) is 36.6 Å². The Kier molecular flexibility index (Phi) is 4.21. The van der Waals surface area contributed by atoms with Crippen LogP contribution in [0.5, 0.6) is 0 Å². The molecule has 3 aromatic rings. The van der Waals surface area contributed by atoms with E-state index >= 15 is 0 Å². The Morgan fingerprint density at radius 2 is 1.97 bits per heavy atom. The van der Waals surface area contributed by atoms with Gasteiger partial charge in [-0.3, -0.25) is 0 Å². The number of halogens is 3. The van der Waals surface area contributed by atoms with Gasteiger partial charge < -0.3 is 16.4 Å². The number of alkyl halides is 3. The highest BCUT2D eigenvalue weighted by atomic mass is 32.1. The molecular formula is C18H20F3N7S. The number of hydrogen-bond acceptors (Lipinski definition) is 7. The quantitative estimate of drug-likeness (QED) is 0.598. The Labute approximate surface area is 168 Å². The van der Waals surface area contributed by atoms with Crippen LogP contribution in [0, 0.1) is 5.41 Å². The minimum absolute atomic E-state index is 0.271. The number of imidazole rings is 1. The number of hydrogen-bond donors (Lipinski definition) is 3. The van der Waals surface area contributed by atoms with Crippen molar-refractivity contribution in [1.29, 1.82) is 0 Å². The van der Waals surface area contributed by atoms with E-state index in [1.54, 1.807) is 4.52 Å². The molecule has 29 heavy (non-hydrogen) atoms. The second kappa shape index (κ2) is 6.56. The molecule has 0 amide bonds. The van der Waals surface area contributed by atoms with Crippen molar-refractivity contribution in [3.8, 4) is 11.3 Å². The fourth-order valence-electron chi connectivity index (χ4n) is 4.42. The molecule has 1 saturated heterocycles. The van der Waals surface area contributed by atoms with Crippen molar-refractivity contribution < 1.29 is 13.2 Å². The lowest BCUT2D eigenvalue weighted by Crippen LogP contribution is -2.50. The molecule has 154 valence electrons. The number of piperidine rings is 1. The zero-order chi connectivity index (χ0) is 20.2. The third-order valence-electron chi connectivity index (χ3n) is 5.96. The lowest BCUT2D eigenvalue weighted by atomic mass is 9.61. The molecule has 4 N–H and O–H groups in total. The Morgan fingerprint density at radius 1 is 1.21 bits per heavy atom. The first-order chi connectivity index (χ1) is 13.8. The summed E-state index contributed by atoms with van der Waals surface area (Å²) in [6.45, 7) is 2.16. The third-order valence-corrected chi connectivity index (χ3v) is 6.81. The Bertz CT molecular complexity index is 1040. The summed E-state index contributed by atoms with van der Waals surface area (Å²) in [6.07, 6.45) is 2.92. The summed E-state index contributed by atoms with van der Waals surface area (Å²) in [5.74, 6) is -0.542. The maximum absolute atomic E-state index is 13.2. The number of nitrogens with two attached hydrogens (primary N) is 1. The second-order valence-corrected chi connectivity index (χ2v) is 8.86. The van der Waals surface area contributed by atoms with Crippen molar-refractivity contribution in [3.63, 3.8) is 0 Å². The Morgan fingerprint density at radius 3 is 2.69 bits per heavy atom. The van der Waals surface area contributed by atoms with Crippen LogP contribution < -0.4 is 16.4 Å². The highest BCUT2D eigenvalue weighted by Crippen LogP contribution is 2.49. The maximum Gasteiger partial charge on any atom is 0.419 e. The molecule has 1 aliphatic carbocycles. The molecule has 0 aromatic carbocycles. The summed E-state index contributed by atoms with van der Waals surface area (Å²) in [7, 11) is 0. The standard InChI is InChI=1S/C18H20F3N7S/c19-18(20,21)12-5-10(8-24-14(12)22)13-9-25-16-28(13)27-15(29-16)26-11-6-17(7-11)1-3-23-4-2-17/h5,8-9,11,23H,1-4,6-7H2,(H2,22,24)(H,26,27). The monoisotopic (exact) mass is 423 g/mol. The van der Waals surface area contributed by atoms with Gasteiger partial charge in [0, 0.05) is 17.8 Å². The van der Waals surface area contributed by atoms with E-state index < -0.39 is 17.6 Å². The number of fused-ring (bicyclic) bond motifs is 1. The van der Waals surface area contributed by atoms with Crippen molar-refractivity contribution in [1.82, 2.24) is 24.9 Å². The zero-order valence-corrected chi connectivity index (χ0v) is 16.3. The van der Waals surface area contributed by atoms with Gasteiger partial charge in [0.25, 0.3) is 0 Å². The van der Waals surface area contributed by atoms with E-state index in [2.05, 4.69) is 25.7 Å². The number of nitrogens with zero attached hydrogens (tertiary/aromatic N) is 4. The van der Waals surface area contributed by atoms with Crippen LogP contribution in [-0.2, 0) is 6.18 Å². The van der Waals surface area contributed by atoms with Gasteiger partial charge in [0.05, 0.1) is 17.5 Å². The van der Waals surface area contributed by atoms with Crippen LogP contribution in [0.1, 0.15) is 31.2 Å². The summed E-state index contributed by atoms with van der Waals surface area (Å²) in [6, 6.07) is 1.37. The Hall–Kier alpha value is -2.40. The molecule has 0 atom stereocenters. The second-order valence-electron chi connectivity index (χ2n) is 7.90. The van der Waals surface area contributed by atoms with Crippen molar-refractivity contribution in [3.05, 3.63) is 24.0 Å². The smallest absolute Gasteiger partial charge is 0.383 e. The van der Waals surface area contributed by atoms with E-state index in [4.69, 9.17) is 5.73 Å². The van der Waals surface area contributed by atoms with Crippen LogP contribution in [-0.4, -0.2) is 38.7 Å². The molecule has 2 fully saturated rings. The summed E-state index contributed by atoms with van der Waals surface area (Å²) in [5.41, 5.74) is 5.62. The lowest BCUT2D eigenvalue weighted by molar-refractivity contribution is -0.137. The molecule has 7 nitrogen and oxygen atoms in total. The van der Waals surface area contributed by atoms with Gasteiger partial charge in [0.2, 0.25) is 10.1 Å². The average Bonchev–Trinajstić information content (AvgIpc) is 3.21. The first kappa shape index (κ1) is 18.6. The molecule has 1 aliphatic heterocycles. The van der Waals surface area contributed by atoms with Crippen LogP contribution in [0.25, 0.3) is 16.2 Å². The van der Waals surface area contributed by atoms with Crippen LogP contribution in [0.4, 0.5) is 24.1 Å². The topological polar surface area (TPSA) is 93.2 Å². The molecule has 0 radical (unpaired) electrons. The highest BCUT2D eigenvalue weighted by molar-refractivity contribution is 7.20. The number of anilines is 2. The summed E-state index contributed by atoms with van der Waals surface area (Å²) in [4.78, 5) is 8.62. The normalized spacial score (nSPS) is 19.6. The van der Waals surface area contributed by atoms with Gasteiger partial charge in [-0.2, -0.15) is 13.2 Å². The Balaban J connectivity index is 1.37. The van der Waals surface area contributed by atoms with Crippen molar-refractivity contribution in [2.24, 2.45) is 5.41 Å². The van der Waals surface area contributed by atoms with Crippen molar-refractivity contribution in [2.75, 3.05) is 24.1 Å². The van der Waals surface area contributed by atoms with Gasteiger partial charge in [-0.25, -0.2) is 14.5 Å². The first-order valence-corrected chi connectivity index (χ1v) is 10.3. The van der Waals surface area contributed by atoms with Crippen LogP contribution in [0.15, 0.2) is 18.5 Å². The van der Waals surface area contributed by atoms with E-state index in [1.807, 2.05) is 0 Å². The zero-order valence-electron chi connectivity index (χ0n) is 15.5. The SMILES string of the molecule is Nc1ncc(-c2cnc3sc(NC4CC5(CCNCC5)C4)nn23)cc1C(F)(F)F. The van der Waals surface area contributed by atoms with E-state index in [0.717, 1.165) is 37.1 Å². The van der Waals surface area contributed by atoms with Gasteiger partial charge in [0.15, 0.2) is 0 Å². The largest absolute Gasteiger partial charge is 0.419 e. The third kappa shape index (κ3) is 3.31. The molecule has 5 rings (SSSR count). The van der Waals surface area contributed by atoms with E-state index in [-0.39, 0.29) is 5.56 Å². The molecule has 0 unspecified atom stereocenters. The predicted molar refractivity (Wildman–Crippen MR) is 105 cm³/mol. The predicted octanol–water partition coefficient (Wildman–Crippen LogP) is 3.40. The number of nitrogens with one attached hydrogen (secondary N) is 2. The number of rotatable bonds is 3. The molecule has 1 spiro atoms. The fraction of sp³-hybridized carbons (Fsp3) is 0.500. The van der Waals surface area contributed by atoms with Crippen LogP contribution in [0.2, 0.25) is 0 Å². The van der Waals surface area contributed by atoms with E-state index in [0.29, 0.717) is 22.1 Å². The molecule has 1 saturated carbocycles. The summed E-state index contributed by atoms with van der Waals surface area (Å²) >= 11 is 1.39.